The summed E-state index contributed by atoms with van der Waals surface area (Å²) in [5, 5.41) is 22.8. The molecule has 1 aromatic carbocycles. The highest BCUT2D eigenvalue weighted by Gasteiger charge is 2.48. The smallest absolute Gasteiger partial charge is 0.337 e. The molecular weight excluding hydrogens is 1050 g/mol. The maximum atomic E-state index is 15.0. The quantitative estimate of drug-likeness (QED) is 0.0212. The first-order chi connectivity index (χ1) is 36.4. The summed E-state index contributed by atoms with van der Waals surface area (Å²) in [7, 11) is -2.03. The maximum absolute atomic E-state index is 15.0. The van der Waals surface area contributed by atoms with Crippen LogP contribution in [0.1, 0.15) is 109 Å². The predicted molar refractivity (Wildman–Crippen MR) is 327 cm³/mol. The van der Waals surface area contributed by atoms with Crippen LogP contribution in [0.25, 0.3) is 0 Å². The van der Waals surface area contributed by atoms with E-state index in [-0.39, 0.29) is 54.0 Å². The Morgan fingerprint density at radius 2 is 1.33 bits per heavy atom. The molecule has 0 unspecified atom stereocenters. The van der Waals surface area contributed by atoms with Crippen LogP contribution in [0.3, 0.4) is 0 Å². The van der Waals surface area contributed by atoms with E-state index in [1.807, 2.05) is 98.0 Å². The van der Waals surface area contributed by atoms with E-state index in [1.165, 1.54) is 13.2 Å². The molecule has 79 heavy (non-hydrogen) atoms. The number of carbonyl (C=O) groups excluding carboxylic acids is 3. The van der Waals surface area contributed by atoms with Gasteiger partial charge in [0.1, 0.15) is 31.1 Å². The number of aliphatic hydroxyl groups is 2. The molecule has 0 aliphatic heterocycles. The van der Waals surface area contributed by atoms with Gasteiger partial charge in [0.15, 0.2) is 34.2 Å². The van der Waals surface area contributed by atoms with Crippen LogP contribution in [0, 0.1) is 35.5 Å². The molecule has 0 aliphatic carbocycles. The number of hydrogen-bond acceptors (Lipinski definition) is 14. The number of ether oxygens (including phenoxy) is 7. The maximum Gasteiger partial charge on any atom is 0.337 e. The van der Waals surface area contributed by atoms with Crippen molar-refractivity contribution < 1.29 is 66.6 Å². The summed E-state index contributed by atoms with van der Waals surface area (Å²) in [6, 6.07) is 6.41. The van der Waals surface area contributed by atoms with Gasteiger partial charge in [0.25, 0.3) is 0 Å². The number of rotatable bonds is 37. The Morgan fingerprint density at radius 1 is 0.759 bits per heavy atom. The van der Waals surface area contributed by atoms with E-state index in [1.54, 1.807) is 27.2 Å². The lowest BCUT2D eigenvalue weighted by molar-refractivity contribution is -0.162. The Kier molecular flexibility index (Phi) is 31.1. The average molecular weight is 1160 g/mol. The van der Waals surface area contributed by atoms with E-state index in [9.17, 15) is 19.8 Å². The van der Waals surface area contributed by atoms with Crippen LogP contribution < -0.4 is 9.47 Å². The number of allylic oxidation sites excluding steroid dienone is 4. The minimum Gasteiger partial charge on any atom is -0.493 e. The molecule has 1 aromatic rings. The molecule has 12 atom stereocenters. The molecule has 0 amide bonds. The van der Waals surface area contributed by atoms with Gasteiger partial charge in [0.2, 0.25) is 0 Å². The van der Waals surface area contributed by atoms with Crippen LogP contribution >= 0.6 is 0 Å². The van der Waals surface area contributed by atoms with Crippen LogP contribution in [0.4, 0.5) is 0 Å². The van der Waals surface area contributed by atoms with E-state index in [2.05, 4.69) is 80.9 Å². The number of aliphatic hydroxyl groups excluding tert-OH is 2. The molecule has 0 saturated carbocycles. The molecule has 14 nitrogen and oxygen atoms in total. The number of hydrogen-bond donors (Lipinski definition) is 2. The number of ketones is 2. The number of benzene rings is 1. The molecule has 454 valence electrons. The first-order valence-corrected chi connectivity index (χ1v) is 37.9. The van der Waals surface area contributed by atoms with Gasteiger partial charge in [-0.2, -0.15) is 0 Å². The van der Waals surface area contributed by atoms with E-state index in [4.69, 9.17) is 42.0 Å². The molecule has 0 bridgehead atoms. The van der Waals surface area contributed by atoms with E-state index in [0.29, 0.717) is 29.3 Å². The summed E-state index contributed by atoms with van der Waals surface area (Å²) in [4.78, 5) is 43.8. The molecule has 0 fully saturated rings. The monoisotopic (exact) mass is 1160 g/mol. The van der Waals surface area contributed by atoms with Crippen molar-refractivity contribution in [1.29, 1.82) is 0 Å². The third-order valence-corrected chi connectivity index (χ3v) is 26.8. The van der Waals surface area contributed by atoms with Gasteiger partial charge in [0.05, 0.1) is 51.8 Å². The normalized spacial score (nSPS) is 18.1. The van der Waals surface area contributed by atoms with Crippen molar-refractivity contribution in [3.05, 3.63) is 71.9 Å². The number of carbonyl (C=O) groups is 3. The van der Waals surface area contributed by atoms with Gasteiger partial charge in [-0.1, -0.05) is 139 Å². The van der Waals surface area contributed by atoms with Gasteiger partial charge >= 0.3 is 5.97 Å². The number of methoxy groups -OCH3 is 3. The number of Topliss-reactive ketones (excluding diaryl/α,β-unsaturated/α-hetero) is 2. The van der Waals surface area contributed by atoms with Crippen LogP contribution in [-0.2, 0) is 53.5 Å². The summed E-state index contributed by atoms with van der Waals surface area (Å²) < 4.78 is 56.1. The minimum absolute atomic E-state index is 0.0255. The second-order valence-electron chi connectivity index (χ2n) is 26.0. The zero-order valence-electron chi connectivity index (χ0n) is 53.5. The average Bonchev–Trinajstić information content (AvgIpc) is 3.35. The Bertz CT molecular complexity index is 2130. The fourth-order valence-electron chi connectivity index (χ4n) is 8.93. The van der Waals surface area contributed by atoms with Crippen LogP contribution in [0.2, 0.25) is 61.9 Å². The highest BCUT2D eigenvalue weighted by Crippen LogP contribution is 2.42. The SMILES string of the molecule is C=CCOC(=O)[C@H](O[Si](C)(C)C(C)(C)C)[C@@H](OC)[C@H](C)C(=O)[C@H](C)[C@@H](O[Si](C)(C)C(C)(C)C)/C(C)=C/[C@H](C)C(=O)C[C@H](OCOCC[Si](C)(C)C)[C@@H](C)[C@H](OCc1ccc(OC)c(OC)c1)[C@H](CO)[C@H](O)/C(C)=C/[C@@H](C)/C=C\C. The van der Waals surface area contributed by atoms with E-state index >= 15 is 4.79 Å². The van der Waals surface area contributed by atoms with Gasteiger partial charge in [-0.25, -0.2) is 4.79 Å². The Labute approximate surface area is 482 Å². The molecule has 0 heterocycles. The summed E-state index contributed by atoms with van der Waals surface area (Å²) >= 11 is 0. The molecular formula is C62H110O14Si3. The molecule has 0 aliphatic rings. The van der Waals surface area contributed by atoms with Crippen LogP contribution in [0.15, 0.2) is 66.3 Å². The van der Waals surface area contributed by atoms with Gasteiger partial charge in [-0.05, 0) is 97.8 Å². The van der Waals surface area contributed by atoms with Crippen molar-refractivity contribution in [1.82, 2.24) is 0 Å². The number of esters is 1. The third kappa shape index (κ3) is 23.2. The highest BCUT2D eigenvalue weighted by atomic mass is 28.4. The van der Waals surface area contributed by atoms with Gasteiger partial charge in [-0.15, -0.1) is 0 Å². The third-order valence-electron chi connectivity index (χ3n) is 16.2. The molecule has 1 rings (SSSR count). The van der Waals surface area contributed by atoms with Gasteiger partial charge in [-0.3, -0.25) is 9.59 Å². The zero-order valence-corrected chi connectivity index (χ0v) is 56.5. The molecule has 0 aromatic heterocycles. The second-order valence-corrected chi connectivity index (χ2v) is 41.2. The lowest BCUT2D eigenvalue weighted by Gasteiger charge is -2.43. The topological polar surface area (TPSA) is 175 Å². The summed E-state index contributed by atoms with van der Waals surface area (Å²) in [5.41, 5.74) is 2.15. The Morgan fingerprint density at radius 3 is 1.82 bits per heavy atom. The first kappa shape index (κ1) is 73.9. The Hall–Kier alpha value is -3.08. The van der Waals surface area contributed by atoms with Gasteiger partial charge in [0, 0.05) is 57.8 Å². The largest absolute Gasteiger partial charge is 0.493 e. The summed E-state index contributed by atoms with van der Waals surface area (Å²) in [6.45, 7) is 46.6. The molecule has 0 saturated heterocycles. The van der Waals surface area contributed by atoms with Crippen LogP contribution in [0.5, 0.6) is 11.5 Å². The molecule has 17 heteroatoms. The summed E-state index contributed by atoms with van der Waals surface area (Å²) in [5.74, 6) is -3.51. The predicted octanol–water partition coefficient (Wildman–Crippen LogP) is 13.0. The van der Waals surface area contributed by atoms with Crippen molar-refractivity contribution in [3.63, 3.8) is 0 Å². The second kappa shape index (κ2) is 33.3. The standard InChI is InChI=1S/C62H110O14Si3/c1-26-28-41(3)34-43(5)54(65)49(38-63)57(73-39-48-29-30-51(68-16)53(36-48)69-17)45(7)52(74-40-71-32-33-77(19,20)21)37-50(64)42(4)35-44(6)56(75-78(22,23)61(10,11)12)46(8)55(66)47(9)58(70-18)59(60(67)72-31-27-2)76-79(24,25)62(13,14)15/h26-30,34-36,41-42,45-47,49,52,54,56-59,63,65H,2,31-33,37-40H2,1,3-25H3/b28-26-,43-34+,44-35+/t41-,42-,45+,46-,47+,49+,52-,54+,56-,57-,58-,59+/m0/s1. The molecule has 2 N–H and O–H groups in total. The van der Waals surface area contributed by atoms with Crippen LogP contribution in [-0.4, -0.2) is 137 Å². The van der Waals surface area contributed by atoms with Crippen molar-refractivity contribution in [2.45, 2.75) is 209 Å². The van der Waals surface area contributed by atoms with Crippen molar-refractivity contribution in [2.75, 3.05) is 47.9 Å². The minimum atomic E-state index is -2.61. The first-order valence-electron chi connectivity index (χ1n) is 28.4. The van der Waals surface area contributed by atoms with E-state index in [0.717, 1.165) is 11.6 Å². The highest BCUT2D eigenvalue weighted by molar-refractivity contribution is 6.76. The molecule has 0 spiro atoms. The van der Waals surface area contributed by atoms with Crippen molar-refractivity contribution in [2.24, 2.45) is 35.5 Å². The van der Waals surface area contributed by atoms with E-state index < -0.39 is 103 Å². The fourth-order valence-corrected chi connectivity index (χ4v) is 12.3. The summed E-state index contributed by atoms with van der Waals surface area (Å²) in [6.07, 6.45) is 3.63. The zero-order chi connectivity index (χ0) is 61.0. The lowest BCUT2D eigenvalue weighted by atomic mass is 9.80. The molecule has 0 radical (unpaired) electrons. The van der Waals surface area contributed by atoms with Crippen molar-refractivity contribution in [3.8, 4) is 11.5 Å². The fraction of sp³-hybridized carbons (Fsp3) is 0.726. The van der Waals surface area contributed by atoms with Crippen molar-refractivity contribution >= 4 is 42.2 Å². The Balaban J connectivity index is 4.02. The lowest BCUT2D eigenvalue weighted by Crippen LogP contribution is -2.54. The van der Waals surface area contributed by atoms with Gasteiger partial charge < -0.3 is 52.2 Å².